The number of rotatable bonds is 3. The van der Waals surface area contributed by atoms with Gasteiger partial charge in [0.25, 0.3) is 5.91 Å². The third-order valence-electron chi connectivity index (χ3n) is 7.57. The summed E-state index contributed by atoms with van der Waals surface area (Å²) in [5, 5.41) is 6.89. The van der Waals surface area contributed by atoms with Gasteiger partial charge in [0, 0.05) is 29.7 Å². The Bertz CT molecular complexity index is 1320. The lowest BCUT2D eigenvalue weighted by atomic mass is 9.54. The van der Waals surface area contributed by atoms with Gasteiger partial charge in [-0.1, -0.05) is 66.2 Å². The van der Waals surface area contributed by atoms with E-state index >= 15 is 0 Å². The molecule has 3 aromatic carbocycles. The van der Waals surface area contributed by atoms with Gasteiger partial charge in [0.2, 0.25) is 0 Å². The zero-order valence-electron chi connectivity index (χ0n) is 19.6. The molecule has 1 aliphatic heterocycles. The normalized spacial score (nSPS) is 24.6. The first-order valence-corrected chi connectivity index (χ1v) is 12.0. The largest absolute Gasteiger partial charge is 0.300 e. The smallest absolute Gasteiger partial charge is 0.260 e. The van der Waals surface area contributed by atoms with Crippen LogP contribution in [-0.4, -0.2) is 17.4 Å². The molecular weight excluding hydrogens is 444 g/mol. The number of carbonyl (C=O) groups is 2. The molecule has 0 unspecified atom stereocenters. The number of Topliss-reactive ketones (excluding diaryl/α,β-unsaturated/α-hetero) is 1. The lowest BCUT2D eigenvalue weighted by Crippen LogP contribution is -2.52. The standard InChI is InChI=1S/C29H27ClN2O2/c1-18-13-14-21(15-19(18)2)25-16-23(33)17-26(24-11-7-8-12-27(24)30)29(25)20(3)31-32(28(29)34)22-9-5-4-6-10-22/h4-15,25-26H,16-17H2,1-3H3/t25-,26-,29-/m0/s1. The van der Waals surface area contributed by atoms with Crippen molar-refractivity contribution in [3.05, 3.63) is 100 Å². The lowest BCUT2D eigenvalue weighted by molar-refractivity contribution is -0.131. The molecule has 0 bridgehead atoms. The molecule has 1 fully saturated rings. The molecule has 0 saturated heterocycles. The summed E-state index contributed by atoms with van der Waals surface area (Å²) in [5.41, 5.74) is 4.57. The summed E-state index contributed by atoms with van der Waals surface area (Å²) in [4.78, 5) is 27.7. The molecule has 5 heteroatoms. The van der Waals surface area contributed by atoms with Crippen LogP contribution in [0.3, 0.4) is 0 Å². The number of hydrogen-bond acceptors (Lipinski definition) is 3. The lowest BCUT2D eigenvalue weighted by Gasteiger charge is -2.46. The Morgan fingerprint density at radius 2 is 1.53 bits per heavy atom. The summed E-state index contributed by atoms with van der Waals surface area (Å²) in [6.07, 6.45) is 0.553. The van der Waals surface area contributed by atoms with Crippen LogP contribution in [0.5, 0.6) is 0 Å². The predicted molar refractivity (Wildman–Crippen MR) is 137 cm³/mol. The first-order chi connectivity index (χ1) is 16.3. The van der Waals surface area contributed by atoms with E-state index in [1.165, 1.54) is 10.6 Å². The van der Waals surface area contributed by atoms with Gasteiger partial charge in [-0.05, 0) is 61.2 Å². The number of anilines is 1. The minimum atomic E-state index is -1.00. The Balaban J connectivity index is 1.75. The average molecular weight is 471 g/mol. The maximum atomic E-state index is 14.5. The minimum absolute atomic E-state index is 0.100. The summed E-state index contributed by atoms with van der Waals surface area (Å²) < 4.78 is 0. The van der Waals surface area contributed by atoms with Gasteiger partial charge in [-0.3, -0.25) is 9.59 Å². The minimum Gasteiger partial charge on any atom is -0.300 e. The second-order valence-electron chi connectivity index (χ2n) is 9.42. The summed E-state index contributed by atoms with van der Waals surface area (Å²) in [6, 6.07) is 23.3. The van der Waals surface area contributed by atoms with Crippen molar-refractivity contribution in [2.75, 3.05) is 5.01 Å². The average Bonchev–Trinajstić information content (AvgIpc) is 3.09. The molecule has 5 rings (SSSR count). The van der Waals surface area contributed by atoms with Crippen LogP contribution in [0.1, 0.15) is 53.9 Å². The third-order valence-corrected chi connectivity index (χ3v) is 7.92. The van der Waals surface area contributed by atoms with Crippen molar-refractivity contribution in [3.8, 4) is 0 Å². The Labute approximate surface area is 205 Å². The molecule has 1 amide bonds. The van der Waals surface area contributed by atoms with Crippen molar-refractivity contribution in [2.45, 2.75) is 45.4 Å². The molecule has 0 radical (unpaired) electrons. The van der Waals surface area contributed by atoms with Gasteiger partial charge in [0.15, 0.2) is 0 Å². The molecule has 0 aromatic heterocycles. The number of ketones is 1. The molecule has 172 valence electrons. The molecule has 1 saturated carbocycles. The van der Waals surface area contributed by atoms with Crippen LogP contribution < -0.4 is 5.01 Å². The molecule has 1 aliphatic carbocycles. The Morgan fingerprint density at radius 3 is 2.24 bits per heavy atom. The molecule has 4 nitrogen and oxygen atoms in total. The van der Waals surface area contributed by atoms with E-state index in [2.05, 4.69) is 32.0 Å². The molecule has 2 aliphatic rings. The highest BCUT2D eigenvalue weighted by Gasteiger charge is 2.62. The van der Waals surface area contributed by atoms with Gasteiger partial charge >= 0.3 is 0 Å². The van der Waals surface area contributed by atoms with E-state index in [1.807, 2.05) is 61.5 Å². The third kappa shape index (κ3) is 3.40. The molecule has 1 spiro atoms. The van der Waals surface area contributed by atoms with E-state index in [4.69, 9.17) is 16.7 Å². The summed E-state index contributed by atoms with van der Waals surface area (Å²) in [6.45, 7) is 6.06. The van der Waals surface area contributed by atoms with Crippen molar-refractivity contribution in [1.82, 2.24) is 0 Å². The highest BCUT2D eigenvalue weighted by molar-refractivity contribution is 6.31. The van der Waals surface area contributed by atoms with Crippen molar-refractivity contribution < 1.29 is 9.59 Å². The monoisotopic (exact) mass is 470 g/mol. The highest BCUT2D eigenvalue weighted by Crippen LogP contribution is 2.59. The summed E-state index contributed by atoms with van der Waals surface area (Å²) in [5.74, 6) is -0.701. The molecule has 3 aromatic rings. The van der Waals surface area contributed by atoms with Crippen molar-refractivity contribution in [2.24, 2.45) is 10.5 Å². The van der Waals surface area contributed by atoms with Crippen LogP contribution in [0.15, 0.2) is 77.9 Å². The fourth-order valence-electron chi connectivity index (χ4n) is 5.73. The quantitative estimate of drug-likeness (QED) is 0.433. The first kappa shape index (κ1) is 22.5. The molecule has 1 heterocycles. The van der Waals surface area contributed by atoms with Crippen molar-refractivity contribution in [1.29, 1.82) is 0 Å². The SMILES string of the molecule is CC1=NN(c2ccccc2)C(=O)[C@]12[C@H](c1ccc(C)c(C)c1)CC(=O)C[C@H]2c1ccccc1Cl. The maximum absolute atomic E-state index is 14.5. The van der Waals surface area contributed by atoms with E-state index in [-0.39, 0.29) is 24.0 Å². The number of para-hydroxylation sites is 1. The van der Waals surface area contributed by atoms with Gasteiger partial charge in [-0.25, -0.2) is 0 Å². The topological polar surface area (TPSA) is 49.7 Å². The number of nitrogens with zero attached hydrogens (tertiary/aromatic N) is 2. The van der Waals surface area contributed by atoms with E-state index in [9.17, 15) is 9.59 Å². The van der Waals surface area contributed by atoms with Crippen LogP contribution in [-0.2, 0) is 9.59 Å². The van der Waals surface area contributed by atoms with Gasteiger partial charge < -0.3 is 0 Å². The highest BCUT2D eigenvalue weighted by atomic mass is 35.5. The van der Waals surface area contributed by atoms with Gasteiger partial charge in [0.05, 0.1) is 11.4 Å². The summed E-state index contributed by atoms with van der Waals surface area (Å²) in [7, 11) is 0. The van der Waals surface area contributed by atoms with E-state index in [0.717, 1.165) is 28.1 Å². The van der Waals surface area contributed by atoms with Crippen LogP contribution in [0.4, 0.5) is 5.69 Å². The van der Waals surface area contributed by atoms with Crippen LogP contribution in [0.25, 0.3) is 0 Å². The summed E-state index contributed by atoms with van der Waals surface area (Å²) >= 11 is 6.68. The number of amides is 1. The van der Waals surface area contributed by atoms with Gasteiger partial charge in [-0.2, -0.15) is 10.1 Å². The predicted octanol–water partition coefficient (Wildman–Crippen LogP) is 6.60. The molecular formula is C29H27ClN2O2. The zero-order chi connectivity index (χ0) is 24.0. The fourth-order valence-corrected chi connectivity index (χ4v) is 6.00. The molecule has 34 heavy (non-hydrogen) atoms. The number of carbonyl (C=O) groups excluding carboxylic acids is 2. The maximum Gasteiger partial charge on any atom is 0.260 e. The number of benzene rings is 3. The first-order valence-electron chi connectivity index (χ1n) is 11.6. The van der Waals surface area contributed by atoms with E-state index in [1.54, 1.807) is 0 Å². The van der Waals surface area contributed by atoms with Crippen LogP contribution in [0, 0.1) is 19.3 Å². The van der Waals surface area contributed by atoms with Crippen LogP contribution in [0.2, 0.25) is 5.02 Å². The van der Waals surface area contributed by atoms with E-state index in [0.29, 0.717) is 11.4 Å². The molecule has 3 atom stereocenters. The Kier molecular flexibility index (Phi) is 5.65. The van der Waals surface area contributed by atoms with Crippen molar-refractivity contribution >= 4 is 34.7 Å². The second-order valence-corrected chi connectivity index (χ2v) is 9.83. The van der Waals surface area contributed by atoms with E-state index < -0.39 is 11.3 Å². The Hall–Kier alpha value is -3.24. The second kappa shape index (κ2) is 8.52. The number of aryl methyl sites for hydroxylation is 2. The number of halogens is 1. The van der Waals surface area contributed by atoms with Crippen molar-refractivity contribution in [3.63, 3.8) is 0 Å². The molecule has 0 N–H and O–H groups in total. The Morgan fingerprint density at radius 1 is 0.853 bits per heavy atom. The zero-order valence-corrected chi connectivity index (χ0v) is 20.3. The van der Waals surface area contributed by atoms with Gasteiger partial charge in [0.1, 0.15) is 11.2 Å². The number of hydrazone groups is 1. The van der Waals surface area contributed by atoms with Crippen LogP contribution >= 0.6 is 11.6 Å². The van der Waals surface area contributed by atoms with Gasteiger partial charge in [-0.15, -0.1) is 0 Å². The fraction of sp³-hybridized carbons (Fsp3) is 0.276. The number of hydrogen-bond donors (Lipinski definition) is 0.